The van der Waals surface area contributed by atoms with Crippen molar-refractivity contribution in [3.05, 3.63) is 59.6 Å². The van der Waals surface area contributed by atoms with Crippen LogP contribution in [0, 0.1) is 5.82 Å². The maximum Gasteiger partial charge on any atom is 0.412 e. The number of hydrogen-bond acceptors (Lipinski definition) is 8. The van der Waals surface area contributed by atoms with Gasteiger partial charge in [0, 0.05) is 22.6 Å². The number of nitrogens with zero attached hydrogens (tertiary/aromatic N) is 1. The molecule has 2 aromatic heterocycles. The summed E-state index contributed by atoms with van der Waals surface area (Å²) >= 11 is 0. The van der Waals surface area contributed by atoms with Crippen LogP contribution in [0.25, 0.3) is 33.6 Å². The minimum absolute atomic E-state index is 0.0195. The van der Waals surface area contributed by atoms with E-state index in [0.717, 1.165) is 0 Å². The number of benzene rings is 2. The lowest BCUT2D eigenvalue weighted by Crippen LogP contribution is -2.18. The highest BCUT2D eigenvalue weighted by Crippen LogP contribution is 2.40. The Morgan fingerprint density at radius 3 is 2.53 bits per heavy atom. The molecule has 0 aliphatic rings. The predicted octanol–water partition coefficient (Wildman–Crippen LogP) is 5.06. The van der Waals surface area contributed by atoms with Crippen molar-refractivity contribution in [1.82, 2.24) is 5.16 Å². The zero-order valence-corrected chi connectivity index (χ0v) is 18.6. The molecule has 0 aliphatic heterocycles. The maximum absolute atomic E-state index is 13.5. The SMILES string of the molecule is COc1cc2c(C(=O)OC(N)=O)c(-c3ccc(F)cc3)oc2cc1-c1cc(COC(C)C)on1. The molecule has 0 aliphatic carbocycles. The Morgan fingerprint density at radius 2 is 1.88 bits per heavy atom. The van der Waals surface area contributed by atoms with Crippen molar-refractivity contribution in [3.8, 4) is 28.3 Å². The molecule has 0 radical (unpaired) electrons. The number of fused-ring (bicyclic) bond motifs is 1. The van der Waals surface area contributed by atoms with Crippen LogP contribution in [0.3, 0.4) is 0 Å². The molecule has 4 aromatic rings. The van der Waals surface area contributed by atoms with Crippen molar-refractivity contribution in [2.45, 2.75) is 26.6 Å². The molecule has 0 unspecified atom stereocenters. The first-order chi connectivity index (χ1) is 16.3. The topological polar surface area (TPSA) is 127 Å². The molecule has 0 fully saturated rings. The summed E-state index contributed by atoms with van der Waals surface area (Å²) in [6.07, 6.45) is -1.25. The van der Waals surface area contributed by atoms with E-state index in [1.54, 1.807) is 18.2 Å². The molecule has 0 atom stereocenters. The third-order valence-corrected chi connectivity index (χ3v) is 4.91. The van der Waals surface area contributed by atoms with Crippen LogP contribution in [0.2, 0.25) is 0 Å². The van der Waals surface area contributed by atoms with Gasteiger partial charge in [0.05, 0.1) is 13.2 Å². The molecule has 2 N–H and O–H groups in total. The van der Waals surface area contributed by atoms with Crippen LogP contribution in [0.5, 0.6) is 5.75 Å². The summed E-state index contributed by atoms with van der Waals surface area (Å²) in [6, 6.07) is 10.2. The minimum Gasteiger partial charge on any atom is -0.496 e. The van der Waals surface area contributed by atoms with E-state index in [1.165, 1.54) is 31.4 Å². The first kappa shape index (κ1) is 23.0. The quantitative estimate of drug-likeness (QED) is 0.294. The van der Waals surface area contributed by atoms with Gasteiger partial charge in [0.1, 0.15) is 40.8 Å². The Labute approximate surface area is 193 Å². The highest BCUT2D eigenvalue weighted by Gasteiger charge is 2.27. The first-order valence-electron chi connectivity index (χ1n) is 10.3. The molecule has 10 heteroatoms. The molecule has 0 saturated carbocycles. The van der Waals surface area contributed by atoms with Gasteiger partial charge < -0.3 is 28.9 Å². The van der Waals surface area contributed by atoms with Gasteiger partial charge in [-0.2, -0.15) is 0 Å². The summed E-state index contributed by atoms with van der Waals surface area (Å²) < 4.78 is 40.4. The molecule has 9 nitrogen and oxygen atoms in total. The molecule has 0 saturated heterocycles. The number of halogens is 1. The molecule has 176 valence electrons. The summed E-state index contributed by atoms with van der Waals surface area (Å²) in [5.41, 5.74) is 6.64. The number of primary amides is 1. The van der Waals surface area contributed by atoms with E-state index >= 15 is 0 Å². The third kappa shape index (κ3) is 4.62. The number of nitrogens with two attached hydrogens (primary N) is 1. The van der Waals surface area contributed by atoms with Gasteiger partial charge in [-0.25, -0.2) is 14.0 Å². The second-order valence-electron chi connectivity index (χ2n) is 7.61. The molecule has 0 bridgehead atoms. The fourth-order valence-corrected chi connectivity index (χ4v) is 3.40. The van der Waals surface area contributed by atoms with Gasteiger partial charge in [-0.15, -0.1) is 0 Å². The number of furan rings is 1. The molecule has 2 heterocycles. The number of esters is 1. The van der Waals surface area contributed by atoms with Crippen LogP contribution in [0.15, 0.2) is 51.4 Å². The number of hydrogen-bond donors (Lipinski definition) is 1. The maximum atomic E-state index is 13.5. The summed E-state index contributed by atoms with van der Waals surface area (Å²) in [4.78, 5) is 24.0. The molecule has 4 rings (SSSR count). The molecule has 1 amide bonds. The van der Waals surface area contributed by atoms with E-state index in [0.29, 0.717) is 33.7 Å². The molecule has 2 aromatic carbocycles. The normalized spacial score (nSPS) is 11.2. The zero-order chi connectivity index (χ0) is 24.4. The van der Waals surface area contributed by atoms with Crippen LogP contribution >= 0.6 is 0 Å². The molecule has 34 heavy (non-hydrogen) atoms. The summed E-state index contributed by atoms with van der Waals surface area (Å²) in [6.45, 7) is 4.06. The average molecular weight is 468 g/mol. The van der Waals surface area contributed by atoms with Gasteiger partial charge in [-0.1, -0.05) is 5.16 Å². The van der Waals surface area contributed by atoms with Gasteiger partial charge >= 0.3 is 12.1 Å². The lowest BCUT2D eigenvalue weighted by atomic mass is 10.0. The number of aromatic nitrogens is 1. The van der Waals surface area contributed by atoms with E-state index in [1.807, 2.05) is 13.8 Å². The largest absolute Gasteiger partial charge is 0.496 e. The van der Waals surface area contributed by atoms with E-state index in [-0.39, 0.29) is 29.6 Å². The second kappa shape index (κ2) is 9.36. The van der Waals surface area contributed by atoms with E-state index in [2.05, 4.69) is 9.89 Å². The predicted molar refractivity (Wildman–Crippen MR) is 119 cm³/mol. The highest BCUT2D eigenvalue weighted by molar-refractivity contribution is 6.12. The first-order valence-corrected chi connectivity index (χ1v) is 10.3. The number of methoxy groups -OCH3 is 1. The highest BCUT2D eigenvalue weighted by atomic mass is 19.1. The fourth-order valence-electron chi connectivity index (χ4n) is 3.40. The smallest absolute Gasteiger partial charge is 0.412 e. The van der Waals surface area contributed by atoms with E-state index in [9.17, 15) is 14.0 Å². The van der Waals surface area contributed by atoms with Crippen molar-refractivity contribution in [3.63, 3.8) is 0 Å². The van der Waals surface area contributed by atoms with Gasteiger partial charge in [0.2, 0.25) is 0 Å². The lowest BCUT2D eigenvalue weighted by molar-refractivity contribution is 0.0513. The van der Waals surface area contributed by atoms with Crippen LogP contribution in [-0.2, 0) is 16.1 Å². The van der Waals surface area contributed by atoms with E-state index < -0.39 is 17.9 Å². The molecule has 0 spiro atoms. The van der Waals surface area contributed by atoms with Crippen molar-refractivity contribution >= 4 is 23.0 Å². The Bertz CT molecular complexity index is 1360. The van der Waals surface area contributed by atoms with Gasteiger partial charge in [-0.05, 0) is 50.2 Å². The fraction of sp³-hybridized carbons (Fsp3) is 0.208. The zero-order valence-electron chi connectivity index (χ0n) is 18.6. The minimum atomic E-state index is -1.27. The van der Waals surface area contributed by atoms with Gasteiger partial charge in [-0.3, -0.25) is 0 Å². The van der Waals surface area contributed by atoms with Crippen molar-refractivity contribution < 1.29 is 37.1 Å². The van der Waals surface area contributed by atoms with Crippen molar-refractivity contribution in [2.75, 3.05) is 7.11 Å². The Balaban J connectivity index is 1.86. The standard InChI is InChI=1S/C24H21FN2O7/c1-12(2)31-11-15-8-18(27-34-15)16-9-20-17(10-19(16)30-3)21(23(28)33-24(26)29)22(32-20)13-4-6-14(25)7-5-13/h4-10,12H,11H2,1-3H3,(H2,26,29). The van der Waals surface area contributed by atoms with Gasteiger partial charge in [0.15, 0.2) is 5.76 Å². The van der Waals surface area contributed by atoms with Crippen molar-refractivity contribution in [2.24, 2.45) is 5.73 Å². The Hall–Kier alpha value is -4.18. The number of rotatable bonds is 7. The van der Waals surface area contributed by atoms with Crippen LogP contribution < -0.4 is 10.5 Å². The van der Waals surface area contributed by atoms with Crippen LogP contribution in [0.4, 0.5) is 9.18 Å². The summed E-state index contributed by atoms with van der Waals surface area (Å²) in [7, 11) is 1.45. The number of amides is 1. The second-order valence-corrected chi connectivity index (χ2v) is 7.61. The Morgan fingerprint density at radius 1 is 1.15 bits per heavy atom. The summed E-state index contributed by atoms with van der Waals surface area (Å²) in [5.74, 6) is -0.533. The van der Waals surface area contributed by atoms with Crippen molar-refractivity contribution in [1.29, 1.82) is 0 Å². The molecular formula is C24H21FN2O7. The summed E-state index contributed by atoms with van der Waals surface area (Å²) in [5, 5.41) is 4.38. The van der Waals surface area contributed by atoms with Gasteiger partial charge in [0.25, 0.3) is 0 Å². The van der Waals surface area contributed by atoms with Crippen LogP contribution in [0.1, 0.15) is 30.0 Å². The van der Waals surface area contributed by atoms with Crippen LogP contribution in [-0.4, -0.2) is 30.4 Å². The lowest BCUT2D eigenvalue weighted by Gasteiger charge is -2.06. The number of ether oxygens (including phenoxy) is 3. The average Bonchev–Trinajstić information content (AvgIpc) is 3.41. The monoisotopic (exact) mass is 468 g/mol. The number of carbonyl (C=O) groups excluding carboxylic acids is 2. The third-order valence-electron chi connectivity index (χ3n) is 4.91. The molecular weight excluding hydrogens is 447 g/mol. The Kier molecular flexibility index (Phi) is 6.33. The van der Waals surface area contributed by atoms with E-state index in [4.69, 9.17) is 24.1 Å². The number of carbonyl (C=O) groups is 2.